The van der Waals surface area contributed by atoms with E-state index in [4.69, 9.17) is 11.5 Å². The summed E-state index contributed by atoms with van der Waals surface area (Å²) in [6.07, 6.45) is 3.58. The minimum Gasteiger partial charge on any atom is -0.330 e. The van der Waals surface area contributed by atoms with Crippen LogP contribution in [0.5, 0.6) is 0 Å². The number of nitrogens with two attached hydrogens (primary N) is 2. The number of halogens is 2. The Morgan fingerprint density at radius 1 is 1.20 bits per heavy atom. The molecule has 1 fully saturated rings. The summed E-state index contributed by atoms with van der Waals surface area (Å²) in [4.78, 5) is 0. The van der Waals surface area contributed by atoms with Crippen molar-refractivity contribution < 1.29 is 0 Å². The van der Waals surface area contributed by atoms with Gasteiger partial charge in [0.1, 0.15) is 0 Å². The zero-order valence-corrected chi connectivity index (χ0v) is 7.59. The summed E-state index contributed by atoms with van der Waals surface area (Å²) in [5, 5.41) is 0. The maximum Gasteiger partial charge on any atom is 0.00420 e. The van der Waals surface area contributed by atoms with E-state index in [-0.39, 0.29) is 24.8 Å². The molecule has 0 aromatic rings. The highest BCUT2D eigenvalue weighted by Gasteiger charge is 2.19. The summed E-state index contributed by atoms with van der Waals surface area (Å²) in [7, 11) is 0. The van der Waals surface area contributed by atoms with Gasteiger partial charge in [-0.1, -0.05) is 0 Å². The summed E-state index contributed by atoms with van der Waals surface area (Å²) in [6.45, 7) is 0.827. The summed E-state index contributed by atoms with van der Waals surface area (Å²) < 4.78 is 0. The Balaban J connectivity index is 0. The molecule has 4 heteroatoms. The Hall–Kier alpha value is 0.500. The van der Waals surface area contributed by atoms with E-state index < -0.39 is 0 Å². The van der Waals surface area contributed by atoms with Gasteiger partial charge >= 0.3 is 0 Å². The highest BCUT2D eigenvalue weighted by atomic mass is 35.5. The van der Waals surface area contributed by atoms with E-state index in [9.17, 15) is 0 Å². The lowest BCUT2D eigenvalue weighted by molar-refractivity contribution is 0.550. The molecule has 0 aromatic heterocycles. The van der Waals surface area contributed by atoms with Gasteiger partial charge in [0.25, 0.3) is 0 Å². The van der Waals surface area contributed by atoms with Crippen molar-refractivity contribution in [2.45, 2.75) is 25.3 Å². The maximum absolute atomic E-state index is 5.65. The molecule has 1 aliphatic rings. The largest absolute Gasteiger partial charge is 0.330 e. The topological polar surface area (TPSA) is 52.0 Å². The zero-order chi connectivity index (χ0) is 5.98. The predicted octanol–water partition coefficient (Wildman–Crippen LogP) is 0.916. The van der Waals surface area contributed by atoms with Crippen LogP contribution in [0.25, 0.3) is 0 Å². The third-order valence-electron chi connectivity index (χ3n) is 1.92. The number of hydrogen-bond acceptors (Lipinski definition) is 2. The van der Waals surface area contributed by atoms with Crippen LogP contribution in [0.15, 0.2) is 0 Å². The predicted molar refractivity (Wildman–Crippen MR) is 48.9 cm³/mol. The van der Waals surface area contributed by atoms with E-state index in [1.54, 1.807) is 0 Å². The van der Waals surface area contributed by atoms with Crippen molar-refractivity contribution in [3.8, 4) is 0 Å². The molecule has 0 aromatic carbocycles. The van der Waals surface area contributed by atoms with Crippen molar-refractivity contribution >= 4 is 24.8 Å². The minimum absolute atomic E-state index is 0. The van der Waals surface area contributed by atoms with Gasteiger partial charge in [0.05, 0.1) is 0 Å². The molecule has 1 aliphatic carbocycles. The van der Waals surface area contributed by atoms with Crippen LogP contribution in [0.3, 0.4) is 0 Å². The molecule has 0 spiro atoms. The van der Waals surface area contributed by atoms with Gasteiger partial charge in [-0.15, -0.1) is 24.8 Å². The van der Waals surface area contributed by atoms with Gasteiger partial charge in [0.2, 0.25) is 0 Å². The standard InChI is InChI=1S/C6H14N2.2ClH/c7-4-5-1-2-6(8)3-5;;/h5-6H,1-4,7-8H2;2*1H/t5-,6+;;/m1../s1. The van der Waals surface area contributed by atoms with E-state index in [0.717, 1.165) is 18.9 Å². The van der Waals surface area contributed by atoms with Crippen LogP contribution in [0.4, 0.5) is 0 Å². The van der Waals surface area contributed by atoms with Crippen LogP contribution in [0.1, 0.15) is 19.3 Å². The average Bonchev–Trinajstić information content (AvgIpc) is 2.14. The van der Waals surface area contributed by atoms with Crippen molar-refractivity contribution in [1.29, 1.82) is 0 Å². The van der Waals surface area contributed by atoms with Crippen LogP contribution in [-0.4, -0.2) is 12.6 Å². The molecule has 0 unspecified atom stereocenters. The fourth-order valence-electron chi connectivity index (χ4n) is 1.33. The first kappa shape index (κ1) is 13.1. The number of hydrogen-bond donors (Lipinski definition) is 2. The Morgan fingerprint density at radius 3 is 2.00 bits per heavy atom. The zero-order valence-electron chi connectivity index (χ0n) is 5.95. The van der Waals surface area contributed by atoms with Crippen molar-refractivity contribution in [1.82, 2.24) is 0 Å². The average molecular weight is 187 g/mol. The van der Waals surface area contributed by atoms with Gasteiger partial charge < -0.3 is 11.5 Å². The Kier molecular flexibility index (Phi) is 8.17. The maximum atomic E-state index is 5.65. The van der Waals surface area contributed by atoms with E-state index in [1.807, 2.05) is 0 Å². The monoisotopic (exact) mass is 186 g/mol. The third kappa shape index (κ3) is 3.62. The molecule has 2 nitrogen and oxygen atoms in total. The van der Waals surface area contributed by atoms with Crippen LogP contribution in [0.2, 0.25) is 0 Å². The molecule has 0 radical (unpaired) electrons. The summed E-state index contributed by atoms with van der Waals surface area (Å²) in [5.74, 6) is 0.727. The van der Waals surface area contributed by atoms with Gasteiger partial charge in [-0.2, -0.15) is 0 Å². The summed E-state index contributed by atoms with van der Waals surface area (Å²) >= 11 is 0. The molecule has 0 aliphatic heterocycles. The normalized spacial score (nSPS) is 30.6. The fraction of sp³-hybridized carbons (Fsp3) is 1.00. The molecule has 2 atom stereocenters. The fourth-order valence-corrected chi connectivity index (χ4v) is 1.33. The molecule has 64 valence electrons. The van der Waals surface area contributed by atoms with Gasteiger partial charge in [0.15, 0.2) is 0 Å². The first-order valence-electron chi connectivity index (χ1n) is 3.28. The van der Waals surface area contributed by atoms with Gasteiger partial charge in [-0.25, -0.2) is 0 Å². The van der Waals surface area contributed by atoms with Gasteiger partial charge in [-0.05, 0) is 31.7 Å². The molecule has 4 N–H and O–H groups in total. The molecule has 1 saturated carbocycles. The molecule has 10 heavy (non-hydrogen) atoms. The van der Waals surface area contributed by atoms with Crippen molar-refractivity contribution in [3.63, 3.8) is 0 Å². The van der Waals surface area contributed by atoms with E-state index in [0.29, 0.717) is 6.04 Å². The third-order valence-corrected chi connectivity index (χ3v) is 1.92. The molecule has 0 bridgehead atoms. The smallest absolute Gasteiger partial charge is 0.00420 e. The lowest BCUT2D eigenvalue weighted by atomic mass is 10.1. The van der Waals surface area contributed by atoms with E-state index in [1.165, 1.54) is 12.8 Å². The first-order chi connectivity index (χ1) is 3.83. The molecular formula is C6H16Cl2N2. The summed E-state index contributed by atoms with van der Waals surface area (Å²) in [6, 6.07) is 0.448. The van der Waals surface area contributed by atoms with E-state index >= 15 is 0 Å². The molecule has 0 saturated heterocycles. The quantitative estimate of drug-likeness (QED) is 0.641. The molecule has 1 rings (SSSR count). The van der Waals surface area contributed by atoms with Gasteiger partial charge in [-0.3, -0.25) is 0 Å². The lowest BCUT2D eigenvalue weighted by Crippen LogP contribution is -2.17. The molecular weight excluding hydrogens is 171 g/mol. The Labute approximate surface area is 74.5 Å². The lowest BCUT2D eigenvalue weighted by Gasteiger charge is -2.02. The summed E-state index contributed by atoms with van der Waals surface area (Å²) in [5.41, 5.74) is 11.1. The highest BCUT2D eigenvalue weighted by Crippen LogP contribution is 2.22. The van der Waals surface area contributed by atoms with Gasteiger partial charge in [0, 0.05) is 6.04 Å². The van der Waals surface area contributed by atoms with Crippen LogP contribution >= 0.6 is 24.8 Å². The van der Waals surface area contributed by atoms with Crippen molar-refractivity contribution in [2.75, 3.05) is 6.54 Å². The van der Waals surface area contributed by atoms with E-state index in [2.05, 4.69) is 0 Å². The van der Waals surface area contributed by atoms with Crippen LogP contribution in [0, 0.1) is 5.92 Å². The molecule has 0 heterocycles. The first-order valence-corrected chi connectivity index (χ1v) is 3.28. The Morgan fingerprint density at radius 2 is 1.80 bits per heavy atom. The second kappa shape index (κ2) is 6.23. The van der Waals surface area contributed by atoms with Crippen molar-refractivity contribution in [3.05, 3.63) is 0 Å². The minimum atomic E-state index is 0. The highest BCUT2D eigenvalue weighted by molar-refractivity contribution is 5.85. The molecule has 0 amide bonds. The number of rotatable bonds is 1. The van der Waals surface area contributed by atoms with Crippen LogP contribution < -0.4 is 11.5 Å². The second-order valence-corrected chi connectivity index (χ2v) is 2.67. The van der Waals surface area contributed by atoms with Crippen molar-refractivity contribution in [2.24, 2.45) is 17.4 Å². The van der Waals surface area contributed by atoms with Crippen LogP contribution in [-0.2, 0) is 0 Å². The Bertz CT molecular complexity index is 80.1. The second-order valence-electron chi connectivity index (χ2n) is 2.67. The SMILES string of the molecule is Cl.Cl.NC[C@@H]1CC[C@H](N)C1.